The SMILES string of the molecule is Nc1cncc(-c2nc(CC3CCCCO3)no2)c1. The first kappa shape index (κ1) is 12.1. The van der Waals surface area contributed by atoms with Crippen molar-refractivity contribution < 1.29 is 9.26 Å². The molecule has 0 aromatic carbocycles. The van der Waals surface area contributed by atoms with Gasteiger partial charge in [0.05, 0.1) is 17.4 Å². The first-order chi connectivity index (χ1) is 9.31. The molecule has 0 aliphatic carbocycles. The van der Waals surface area contributed by atoms with Crippen LogP contribution in [0, 0.1) is 0 Å². The summed E-state index contributed by atoms with van der Waals surface area (Å²) in [6, 6.07) is 1.77. The highest BCUT2D eigenvalue weighted by atomic mass is 16.5. The monoisotopic (exact) mass is 260 g/mol. The molecule has 2 N–H and O–H groups in total. The van der Waals surface area contributed by atoms with Gasteiger partial charge >= 0.3 is 0 Å². The summed E-state index contributed by atoms with van der Waals surface area (Å²) < 4.78 is 10.9. The van der Waals surface area contributed by atoms with Gasteiger partial charge in [-0.25, -0.2) is 0 Å². The fourth-order valence-electron chi connectivity index (χ4n) is 2.20. The molecule has 100 valence electrons. The Labute approximate surface area is 111 Å². The number of nitrogens with two attached hydrogens (primary N) is 1. The molecule has 1 unspecified atom stereocenters. The van der Waals surface area contributed by atoms with Crippen LogP contribution in [-0.4, -0.2) is 27.8 Å². The van der Waals surface area contributed by atoms with Gasteiger partial charge in [-0.2, -0.15) is 4.98 Å². The van der Waals surface area contributed by atoms with Crippen molar-refractivity contribution in [2.45, 2.75) is 31.8 Å². The molecule has 1 aliphatic rings. The van der Waals surface area contributed by atoms with Gasteiger partial charge in [-0.05, 0) is 25.3 Å². The van der Waals surface area contributed by atoms with E-state index >= 15 is 0 Å². The maximum Gasteiger partial charge on any atom is 0.259 e. The lowest BCUT2D eigenvalue weighted by Crippen LogP contribution is -2.21. The molecule has 6 heteroatoms. The van der Waals surface area contributed by atoms with Crippen LogP contribution in [-0.2, 0) is 11.2 Å². The summed E-state index contributed by atoms with van der Waals surface area (Å²) in [6.07, 6.45) is 7.54. The maximum atomic E-state index is 5.68. The van der Waals surface area contributed by atoms with E-state index in [-0.39, 0.29) is 6.10 Å². The van der Waals surface area contributed by atoms with Crippen molar-refractivity contribution in [1.29, 1.82) is 0 Å². The standard InChI is InChI=1S/C13H16N4O2/c14-10-5-9(7-15-8-10)13-16-12(17-19-13)6-11-3-1-2-4-18-11/h5,7-8,11H,1-4,6,14H2. The number of rotatable bonds is 3. The van der Waals surface area contributed by atoms with Crippen LogP contribution in [0.25, 0.3) is 11.5 Å². The molecule has 0 amide bonds. The zero-order valence-corrected chi connectivity index (χ0v) is 10.6. The fraction of sp³-hybridized carbons (Fsp3) is 0.462. The van der Waals surface area contributed by atoms with Gasteiger partial charge in [-0.1, -0.05) is 5.16 Å². The van der Waals surface area contributed by atoms with Crippen LogP contribution in [0.1, 0.15) is 25.1 Å². The Balaban J connectivity index is 1.72. The van der Waals surface area contributed by atoms with E-state index in [9.17, 15) is 0 Å². The molecule has 6 nitrogen and oxygen atoms in total. The molecule has 2 aromatic rings. The van der Waals surface area contributed by atoms with E-state index in [0.717, 1.165) is 25.0 Å². The summed E-state index contributed by atoms with van der Waals surface area (Å²) in [5.41, 5.74) is 7.00. The third kappa shape index (κ3) is 2.90. The average Bonchev–Trinajstić information content (AvgIpc) is 2.88. The van der Waals surface area contributed by atoms with Gasteiger partial charge in [0.15, 0.2) is 5.82 Å². The number of hydrogen-bond acceptors (Lipinski definition) is 6. The van der Waals surface area contributed by atoms with Crippen LogP contribution in [0.5, 0.6) is 0 Å². The number of anilines is 1. The second-order valence-electron chi connectivity index (χ2n) is 4.72. The van der Waals surface area contributed by atoms with Crippen molar-refractivity contribution >= 4 is 5.69 Å². The van der Waals surface area contributed by atoms with E-state index in [1.54, 1.807) is 18.5 Å². The van der Waals surface area contributed by atoms with Crippen molar-refractivity contribution in [2.24, 2.45) is 0 Å². The largest absolute Gasteiger partial charge is 0.397 e. The lowest BCUT2D eigenvalue weighted by Gasteiger charge is -2.20. The van der Waals surface area contributed by atoms with Gasteiger partial charge in [0, 0.05) is 25.4 Å². The summed E-state index contributed by atoms with van der Waals surface area (Å²) in [5, 5.41) is 3.98. The number of ether oxygens (including phenoxy) is 1. The third-order valence-electron chi connectivity index (χ3n) is 3.16. The average molecular weight is 260 g/mol. The molecule has 3 heterocycles. The number of hydrogen-bond donors (Lipinski definition) is 1. The van der Waals surface area contributed by atoms with E-state index in [1.165, 1.54) is 6.42 Å². The Kier molecular flexibility index (Phi) is 3.41. The van der Waals surface area contributed by atoms with Crippen molar-refractivity contribution in [3.63, 3.8) is 0 Å². The molecule has 1 saturated heterocycles. The highest BCUT2D eigenvalue weighted by molar-refractivity contribution is 5.57. The normalized spacial score (nSPS) is 19.5. The van der Waals surface area contributed by atoms with Gasteiger partial charge in [0.25, 0.3) is 5.89 Å². The third-order valence-corrected chi connectivity index (χ3v) is 3.16. The molecular formula is C13H16N4O2. The van der Waals surface area contributed by atoms with Crippen LogP contribution in [0.3, 0.4) is 0 Å². The van der Waals surface area contributed by atoms with Crippen LogP contribution < -0.4 is 5.73 Å². The highest BCUT2D eigenvalue weighted by Gasteiger charge is 2.18. The van der Waals surface area contributed by atoms with E-state index in [0.29, 0.717) is 23.8 Å². The zero-order chi connectivity index (χ0) is 13.1. The summed E-state index contributed by atoms with van der Waals surface area (Å²) >= 11 is 0. The van der Waals surface area contributed by atoms with Gasteiger partial charge < -0.3 is 15.0 Å². The maximum absolute atomic E-state index is 5.68. The van der Waals surface area contributed by atoms with Crippen LogP contribution in [0.4, 0.5) is 5.69 Å². The quantitative estimate of drug-likeness (QED) is 0.905. The second-order valence-corrected chi connectivity index (χ2v) is 4.72. The lowest BCUT2D eigenvalue weighted by atomic mass is 10.1. The minimum atomic E-state index is 0.207. The number of aromatic nitrogens is 3. The van der Waals surface area contributed by atoms with Crippen LogP contribution >= 0.6 is 0 Å². The molecule has 1 aliphatic heterocycles. The predicted octanol–water partition coefficient (Wildman–Crippen LogP) is 1.83. The van der Waals surface area contributed by atoms with Crippen molar-refractivity contribution in [1.82, 2.24) is 15.1 Å². The molecule has 0 radical (unpaired) electrons. The Bertz CT molecular complexity index is 549. The molecule has 3 rings (SSSR count). The van der Waals surface area contributed by atoms with E-state index in [4.69, 9.17) is 15.0 Å². The summed E-state index contributed by atoms with van der Waals surface area (Å²) in [5.74, 6) is 1.12. The van der Waals surface area contributed by atoms with Crippen LogP contribution in [0.2, 0.25) is 0 Å². The molecule has 1 atom stereocenters. The molecule has 19 heavy (non-hydrogen) atoms. The molecule has 2 aromatic heterocycles. The molecule has 0 saturated carbocycles. The Hall–Kier alpha value is -1.95. The Morgan fingerprint density at radius 1 is 1.32 bits per heavy atom. The first-order valence-electron chi connectivity index (χ1n) is 6.46. The summed E-state index contributed by atoms with van der Waals surface area (Å²) in [6.45, 7) is 0.828. The van der Waals surface area contributed by atoms with Gasteiger partial charge in [0.2, 0.25) is 0 Å². The minimum absolute atomic E-state index is 0.207. The van der Waals surface area contributed by atoms with Crippen LogP contribution in [0.15, 0.2) is 23.0 Å². The summed E-state index contributed by atoms with van der Waals surface area (Å²) in [7, 11) is 0. The zero-order valence-electron chi connectivity index (χ0n) is 10.6. The molecule has 0 bridgehead atoms. The van der Waals surface area contributed by atoms with E-state index < -0.39 is 0 Å². The molecular weight excluding hydrogens is 244 g/mol. The van der Waals surface area contributed by atoms with Gasteiger partial charge in [-0.15, -0.1) is 0 Å². The number of pyridine rings is 1. The Morgan fingerprint density at radius 3 is 3.05 bits per heavy atom. The van der Waals surface area contributed by atoms with Gasteiger partial charge in [-0.3, -0.25) is 4.98 Å². The second kappa shape index (κ2) is 5.36. The predicted molar refractivity (Wildman–Crippen MR) is 69.2 cm³/mol. The lowest BCUT2D eigenvalue weighted by molar-refractivity contribution is 0.0153. The van der Waals surface area contributed by atoms with Crippen molar-refractivity contribution in [2.75, 3.05) is 12.3 Å². The highest BCUT2D eigenvalue weighted by Crippen LogP contribution is 2.20. The fourth-order valence-corrected chi connectivity index (χ4v) is 2.20. The smallest absolute Gasteiger partial charge is 0.259 e. The number of nitrogen functional groups attached to an aromatic ring is 1. The Morgan fingerprint density at radius 2 is 2.26 bits per heavy atom. The topological polar surface area (TPSA) is 87.1 Å². The number of nitrogens with zero attached hydrogens (tertiary/aromatic N) is 3. The first-order valence-corrected chi connectivity index (χ1v) is 6.46. The van der Waals surface area contributed by atoms with Gasteiger partial charge in [0.1, 0.15) is 0 Å². The van der Waals surface area contributed by atoms with E-state index in [1.807, 2.05) is 0 Å². The van der Waals surface area contributed by atoms with Crippen molar-refractivity contribution in [3.8, 4) is 11.5 Å². The molecule has 0 spiro atoms. The summed E-state index contributed by atoms with van der Waals surface area (Å²) in [4.78, 5) is 8.37. The molecule has 1 fully saturated rings. The minimum Gasteiger partial charge on any atom is -0.397 e. The van der Waals surface area contributed by atoms with Crippen molar-refractivity contribution in [3.05, 3.63) is 24.3 Å². The van der Waals surface area contributed by atoms with E-state index in [2.05, 4.69) is 15.1 Å².